The van der Waals surface area contributed by atoms with Crippen molar-refractivity contribution in [3.8, 4) is 17.1 Å². The largest absolute Gasteiger partial charge is 0.486 e. The number of ether oxygens (including phenoxy) is 1. The van der Waals surface area contributed by atoms with Crippen LogP contribution in [0, 0.1) is 0 Å². The number of benzene rings is 1. The molecule has 4 rings (SSSR count). The number of H-pyrrole nitrogens is 1. The average Bonchev–Trinajstić information content (AvgIpc) is 3.08. The third kappa shape index (κ3) is 2.93. The lowest BCUT2D eigenvalue weighted by Crippen LogP contribution is -2.55. The van der Waals surface area contributed by atoms with Gasteiger partial charge in [0.1, 0.15) is 11.4 Å². The van der Waals surface area contributed by atoms with E-state index in [-0.39, 0.29) is 16.9 Å². The zero-order valence-corrected chi connectivity index (χ0v) is 14.9. The maximum Gasteiger partial charge on any atom is 0.204 e. The van der Waals surface area contributed by atoms with Crippen LogP contribution in [0.4, 0.5) is 0 Å². The number of nitrogens with one attached hydrogen (secondary N) is 1. The summed E-state index contributed by atoms with van der Waals surface area (Å²) in [5.74, 6) is 1.29. The number of tetrazole rings is 1. The molecule has 1 N–H and O–H groups in total. The number of aromatic nitrogens is 4. The van der Waals surface area contributed by atoms with Crippen molar-refractivity contribution in [3.05, 3.63) is 23.8 Å². The molecule has 2 aromatic rings. The van der Waals surface area contributed by atoms with Crippen LogP contribution in [0.2, 0.25) is 0 Å². The Morgan fingerprint density at radius 3 is 2.64 bits per heavy atom. The van der Waals surface area contributed by atoms with Crippen LogP contribution in [-0.2, 0) is 0 Å². The molecule has 3 heterocycles. The van der Waals surface area contributed by atoms with Crippen molar-refractivity contribution >= 4 is 5.78 Å². The summed E-state index contributed by atoms with van der Waals surface area (Å²) in [5, 5.41) is 13.9. The van der Waals surface area contributed by atoms with Gasteiger partial charge in [-0.05, 0) is 44.2 Å². The fourth-order valence-electron chi connectivity index (χ4n) is 3.78. The molecule has 1 spiro atoms. The smallest absolute Gasteiger partial charge is 0.204 e. The Balaban J connectivity index is 1.57. The number of rotatable bonds is 1. The van der Waals surface area contributed by atoms with Gasteiger partial charge in [-0.1, -0.05) is 0 Å². The molecule has 0 atom stereocenters. The molecule has 25 heavy (non-hydrogen) atoms. The first-order valence-electron chi connectivity index (χ1n) is 8.72. The Hall–Kier alpha value is -2.28. The Morgan fingerprint density at radius 2 is 2.00 bits per heavy atom. The maximum atomic E-state index is 12.8. The average molecular weight is 341 g/mol. The molecule has 0 radical (unpaired) electrons. The van der Waals surface area contributed by atoms with E-state index in [4.69, 9.17) is 4.74 Å². The molecule has 1 aromatic carbocycles. The van der Waals surface area contributed by atoms with Gasteiger partial charge in [0.2, 0.25) is 5.82 Å². The van der Waals surface area contributed by atoms with Crippen molar-refractivity contribution in [2.75, 3.05) is 13.1 Å². The zero-order valence-electron chi connectivity index (χ0n) is 14.9. The topological polar surface area (TPSA) is 84.0 Å². The van der Waals surface area contributed by atoms with Gasteiger partial charge in [-0.15, -0.1) is 10.2 Å². The van der Waals surface area contributed by atoms with E-state index in [0.29, 0.717) is 23.6 Å². The fraction of sp³-hybridized carbons (Fsp3) is 0.556. The van der Waals surface area contributed by atoms with Gasteiger partial charge in [0.25, 0.3) is 0 Å². The predicted molar refractivity (Wildman–Crippen MR) is 92.5 cm³/mol. The lowest BCUT2D eigenvalue weighted by molar-refractivity contribution is -0.0295. The molecular weight excluding hydrogens is 318 g/mol. The summed E-state index contributed by atoms with van der Waals surface area (Å²) in [6, 6.07) is 5.54. The molecule has 1 saturated heterocycles. The summed E-state index contributed by atoms with van der Waals surface area (Å²) in [6.07, 6.45) is 2.19. The van der Waals surface area contributed by atoms with Gasteiger partial charge in [0, 0.05) is 37.0 Å². The number of carbonyl (C=O) groups is 1. The minimum atomic E-state index is -0.362. The van der Waals surface area contributed by atoms with Crippen molar-refractivity contribution in [3.63, 3.8) is 0 Å². The van der Waals surface area contributed by atoms with Gasteiger partial charge >= 0.3 is 0 Å². The molecule has 0 amide bonds. The first-order valence-corrected chi connectivity index (χ1v) is 8.72. The first-order chi connectivity index (χ1) is 11.9. The zero-order chi connectivity index (χ0) is 17.7. The number of likely N-dealkylation sites (tertiary alicyclic amines) is 1. The van der Waals surface area contributed by atoms with Crippen LogP contribution in [0.5, 0.6) is 5.75 Å². The third-order valence-electron chi connectivity index (χ3n) is 5.32. The first kappa shape index (κ1) is 16.2. The monoisotopic (exact) mass is 341 g/mol. The van der Waals surface area contributed by atoms with Crippen molar-refractivity contribution < 1.29 is 9.53 Å². The van der Waals surface area contributed by atoms with Gasteiger partial charge in [0.15, 0.2) is 5.78 Å². The predicted octanol–water partition coefficient (Wildman–Crippen LogP) is 2.46. The molecule has 0 bridgehead atoms. The summed E-state index contributed by atoms with van der Waals surface area (Å²) in [6.45, 7) is 8.59. The number of hydrogen-bond donors (Lipinski definition) is 1. The molecule has 1 aromatic heterocycles. The van der Waals surface area contributed by atoms with Crippen LogP contribution in [0.3, 0.4) is 0 Å². The molecule has 7 nitrogen and oxygen atoms in total. The summed E-state index contributed by atoms with van der Waals surface area (Å²) >= 11 is 0. The molecule has 0 unspecified atom stereocenters. The van der Waals surface area contributed by atoms with Gasteiger partial charge < -0.3 is 4.74 Å². The highest BCUT2D eigenvalue weighted by Gasteiger charge is 2.44. The van der Waals surface area contributed by atoms with E-state index < -0.39 is 0 Å². The fourth-order valence-corrected chi connectivity index (χ4v) is 3.78. The van der Waals surface area contributed by atoms with E-state index in [1.54, 1.807) is 6.07 Å². The van der Waals surface area contributed by atoms with Crippen LogP contribution in [0.15, 0.2) is 18.2 Å². The standard InChI is InChI=1S/C18H23N5O2/c1-17(2,3)23-8-6-18(7-9-23)11-14(24)13-10-12(4-5-15(13)25-18)16-19-21-22-20-16/h4-5,10H,6-9,11H2,1-3H3,(H,19,20,21,22). The Kier molecular flexibility index (Phi) is 3.64. The van der Waals surface area contributed by atoms with E-state index in [0.717, 1.165) is 31.5 Å². The van der Waals surface area contributed by atoms with Crippen LogP contribution in [0.25, 0.3) is 11.4 Å². The van der Waals surface area contributed by atoms with E-state index in [2.05, 4.69) is 46.3 Å². The lowest BCUT2D eigenvalue weighted by Gasteiger charge is -2.47. The number of nitrogens with zero attached hydrogens (tertiary/aromatic N) is 4. The van der Waals surface area contributed by atoms with Crippen LogP contribution < -0.4 is 4.74 Å². The number of piperidine rings is 1. The minimum absolute atomic E-state index is 0.135. The van der Waals surface area contributed by atoms with Crippen LogP contribution >= 0.6 is 0 Å². The van der Waals surface area contributed by atoms with Gasteiger partial charge in [-0.25, -0.2) is 0 Å². The Labute approximate surface area is 146 Å². The molecule has 132 valence electrons. The second-order valence-electron chi connectivity index (χ2n) is 7.99. The second kappa shape index (κ2) is 5.62. The maximum absolute atomic E-state index is 12.8. The molecule has 0 aliphatic carbocycles. The van der Waals surface area contributed by atoms with Gasteiger partial charge in [-0.3, -0.25) is 9.69 Å². The summed E-state index contributed by atoms with van der Waals surface area (Å²) in [7, 11) is 0. The highest BCUT2D eigenvalue weighted by molar-refractivity contribution is 6.01. The molecule has 7 heteroatoms. The van der Waals surface area contributed by atoms with E-state index in [1.165, 1.54) is 0 Å². The van der Waals surface area contributed by atoms with Crippen LogP contribution in [-0.4, -0.2) is 55.5 Å². The Morgan fingerprint density at radius 1 is 1.24 bits per heavy atom. The molecule has 2 aliphatic rings. The number of hydrogen-bond acceptors (Lipinski definition) is 6. The minimum Gasteiger partial charge on any atom is -0.486 e. The number of carbonyl (C=O) groups excluding carboxylic acids is 1. The van der Waals surface area contributed by atoms with Crippen molar-refractivity contribution in [1.29, 1.82) is 0 Å². The Bertz CT molecular complexity index is 786. The second-order valence-corrected chi connectivity index (χ2v) is 7.99. The molecular formula is C18H23N5O2. The van der Waals surface area contributed by atoms with Crippen molar-refractivity contribution in [2.24, 2.45) is 0 Å². The van der Waals surface area contributed by atoms with Gasteiger partial charge in [0.05, 0.1) is 12.0 Å². The van der Waals surface area contributed by atoms with Crippen molar-refractivity contribution in [1.82, 2.24) is 25.5 Å². The van der Waals surface area contributed by atoms with E-state index in [1.807, 2.05) is 12.1 Å². The van der Waals surface area contributed by atoms with E-state index in [9.17, 15) is 4.79 Å². The SMILES string of the molecule is CC(C)(C)N1CCC2(CC1)CC(=O)c1cc(-c3nn[nH]n3)ccc1O2. The van der Waals surface area contributed by atoms with E-state index >= 15 is 0 Å². The molecule has 0 saturated carbocycles. The van der Waals surface area contributed by atoms with Crippen LogP contribution in [0.1, 0.15) is 50.4 Å². The highest BCUT2D eigenvalue weighted by Crippen LogP contribution is 2.41. The quantitative estimate of drug-likeness (QED) is 0.858. The van der Waals surface area contributed by atoms with Crippen molar-refractivity contribution in [2.45, 2.75) is 51.2 Å². The molecule has 1 fully saturated rings. The summed E-state index contributed by atoms with van der Waals surface area (Å²) < 4.78 is 6.35. The third-order valence-corrected chi connectivity index (χ3v) is 5.32. The molecule has 2 aliphatic heterocycles. The number of fused-ring (bicyclic) bond motifs is 1. The number of Topliss-reactive ketones (excluding diaryl/α,β-unsaturated/α-hetero) is 1. The highest BCUT2D eigenvalue weighted by atomic mass is 16.5. The summed E-state index contributed by atoms with van der Waals surface area (Å²) in [5.41, 5.74) is 1.17. The number of aromatic amines is 1. The van der Waals surface area contributed by atoms with Gasteiger partial charge in [-0.2, -0.15) is 5.21 Å². The normalized spacial score (nSPS) is 20.4. The lowest BCUT2D eigenvalue weighted by atomic mass is 9.81. The number of ketones is 1. The summed E-state index contributed by atoms with van der Waals surface area (Å²) in [4.78, 5) is 15.3.